The number of alkyl halides is 2. The van der Waals surface area contributed by atoms with E-state index in [-0.39, 0.29) is 5.75 Å². The van der Waals surface area contributed by atoms with Gasteiger partial charge in [0.1, 0.15) is 5.75 Å². The average molecular weight is 284 g/mol. The predicted octanol–water partition coefficient (Wildman–Crippen LogP) is 4.55. The number of hydrogen-bond donors (Lipinski definition) is 1. The van der Waals surface area contributed by atoms with Crippen LogP contribution in [0.2, 0.25) is 5.02 Å². The summed E-state index contributed by atoms with van der Waals surface area (Å²) in [6, 6.07) is 13.9. The Bertz CT molecular complexity index is 531. The third-order valence-corrected chi connectivity index (χ3v) is 2.70. The van der Waals surface area contributed by atoms with Gasteiger partial charge in [-0.05, 0) is 35.9 Å². The van der Waals surface area contributed by atoms with Crippen LogP contribution in [0.15, 0.2) is 48.5 Å². The number of nitrogens with one attached hydrogen (secondary N) is 1. The smallest absolute Gasteiger partial charge is 0.387 e. The molecule has 0 heterocycles. The Kier molecular flexibility index (Phi) is 4.58. The normalized spacial score (nSPS) is 10.5. The number of rotatable bonds is 5. The second-order valence-corrected chi connectivity index (χ2v) is 4.32. The lowest BCUT2D eigenvalue weighted by molar-refractivity contribution is -0.0498. The highest BCUT2D eigenvalue weighted by atomic mass is 35.5. The van der Waals surface area contributed by atoms with Crippen molar-refractivity contribution in [2.75, 3.05) is 5.32 Å². The third-order valence-electron chi connectivity index (χ3n) is 2.47. The monoisotopic (exact) mass is 283 g/mol. The van der Waals surface area contributed by atoms with Gasteiger partial charge in [0, 0.05) is 17.3 Å². The highest BCUT2D eigenvalue weighted by molar-refractivity contribution is 6.30. The first-order valence-corrected chi connectivity index (χ1v) is 6.04. The van der Waals surface area contributed by atoms with Crippen LogP contribution in [0, 0.1) is 0 Å². The maximum atomic E-state index is 12.0. The number of anilines is 1. The van der Waals surface area contributed by atoms with Crippen molar-refractivity contribution in [3.05, 3.63) is 59.1 Å². The summed E-state index contributed by atoms with van der Waals surface area (Å²) in [6.45, 7) is -2.22. The van der Waals surface area contributed by atoms with E-state index in [4.69, 9.17) is 11.6 Å². The van der Waals surface area contributed by atoms with Crippen molar-refractivity contribution in [3.63, 3.8) is 0 Å². The predicted molar refractivity (Wildman–Crippen MR) is 71.9 cm³/mol. The Labute approximate surface area is 115 Å². The molecule has 0 aliphatic rings. The second-order valence-electron chi connectivity index (χ2n) is 3.89. The zero-order chi connectivity index (χ0) is 13.7. The Morgan fingerprint density at radius 3 is 2.47 bits per heavy atom. The number of hydrogen-bond acceptors (Lipinski definition) is 2. The Hall–Kier alpha value is -1.81. The molecule has 2 aromatic carbocycles. The molecule has 0 saturated heterocycles. The summed E-state index contributed by atoms with van der Waals surface area (Å²) in [7, 11) is 0. The van der Waals surface area contributed by atoms with Crippen molar-refractivity contribution in [3.8, 4) is 5.75 Å². The summed E-state index contributed by atoms with van der Waals surface area (Å²) < 4.78 is 28.2. The molecule has 2 aromatic rings. The lowest BCUT2D eigenvalue weighted by Crippen LogP contribution is -2.02. The van der Waals surface area contributed by atoms with Gasteiger partial charge >= 0.3 is 6.61 Å². The van der Waals surface area contributed by atoms with Crippen LogP contribution >= 0.6 is 11.6 Å². The minimum atomic E-state index is -2.80. The van der Waals surface area contributed by atoms with Crippen molar-refractivity contribution in [1.29, 1.82) is 0 Å². The topological polar surface area (TPSA) is 21.3 Å². The van der Waals surface area contributed by atoms with Gasteiger partial charge in [-0.25, -0.2) is 0 Å². The second kappa shape index (κ2) is 6.38. The van der Waals surface area contributed by atoms with Crippen molar-refractivity contribution < 1.29 is 13.5 Å². The lowest BCUT2D eigenvalue weighted by Gasteiger charge is -2.08. The first kappa shape index (κ1) is 13.6. The quantitative estimate of drug-likeness (QED) is 0.869. The fourth-order valence-electron chi connectivity index (χ4n) is 1.59. The minimum absolute atomic E-state index is 0.154. The van der Waals surface area contributed by atoms with Crippen LogP contribution in [-0.2, 0) is 6.54 Å². The van der Waals surface area contributed by atoms with E-state index in [1.165, 1.54) is 12.1 Å². The Morgan fingerprint density at radius 2 is 1.84 bits per heavy atom. The van der Waals surface area contributed by atoms with Crippen LogP contribution < -0.4 is 10.1 Å². The molecule has 19 heavy (non-hydrogen) atoms. The van der Waals surface area contributed by atoms with Gasteiger partial charge < -0.3 is 10.1 Å². The average Bonchev–Trinajstić information content (AvgIpc) is 2.37. The van der Waals surface area contributed by atoms with Crippen LogP contribution in [-0.4, -0.2) is 6.61 Å². The lowest BCUT2D eigenvalue weighted by atomic mass is 10.2. The van der Waals surface area contributed by atoms with E-state index in [1.807, 2.05) is 18.2 Å². The fraction of sp³-hybridized carbons (Fsp3) is 0.143. The molecule has 0 aliphatic carbocycles. The molecule has 5 heteroatoms. The molecule has 0 unspecified atom stereocenters. The zero-order valence-corrected chi connectivity index (χ0v) is 10.7. The van der Waals surface area contributed by atoms with Crippen LogP contribution in [0.3, 0.4) is 0 Å². The molecular weight excluding hydrogens is 272 g/mol. The van der Waals surface area contributed by atoms with Gasteiger partial charge in [-0.1, -0.05) is 29.8 Å². The van der Waals surface area contributed by atoms with Crippen molar-refractivity contribution >= 4 is 17.3 Å². The van der Waals surface area contributed by atoms with Gasteiger partial charge in [0.25, 0.3) is 0 Å². The van der Waals surface area contributed by atoms with E-state index in [0.717, 1.165) is 11.3 Å². The molecule has 0 aromatic heterocycles. The SMILES string of the molecule is FC(F)Oc1ccc(CNc2cccc(Cl)c2)cc1. The molecular formula is C14H12ClF2NO. The Balaban J connectivity index is 1.93. The van der Waals surface area contributed by atoms with Crippen molar-refractivity contribution in [2.24, 2.45) is 0 Å². The van der Waals surface area contributed by atoms with E-state index in [0.29, 0.717) is 11.6 Å². The number of halogens is 3. The van der Waals surface area contributed by atoms with Crippen LogP contribution in [0.4, 0.5) is 14.5 Å². The molecule has 0 saturated carbocycles. The van der Waals surface area contributed by atoms with Gasteiger partial charge in [-0.15, -0.1) is 0 Å². The highest BCUT2D eigenvalue weighted by Gasteiger charge is 2.03. The molecule has 2 nitrogen and oxygen atoms in total. The van der Waals surface area contributed by atoms with Gasteiger partial charge in [0.05, 0.1) is 0 Å². The van der Waals surface area contributed by atoms with Gasteiger partial charge in [-0.3, -0.25) is 0 Å². The van der Waals surface area contributed by atoms with E-state index >= 15 is 0 Å². The van der Waals surface area contributed by atoms with Crippen LogP contribution in [0.25, 0.3) is 0 Å². The van der Waals surface area contributed by atoms with Crippen molar-refractivity contribution in [2.45, 2.75) is 13.2 Å². The summed E-state index contributed by atoms with van der Waals surface area (Å²) >= 11 is 5.87. The Morgan fingerprint density at radius 1 is 1.11 bits per heavy atom. The van der Waals surface area contributed by atoms with Gasteiger partial charge in [0.15, 0.2) is 0 Å². The van der Waals surface area contributed by atoms with Gasteiger partial charge in [-0.2, -0.15) is 8.78 Å². The molecule has 0 atom stereocenters. The third kappa shape index (κ3) is 4.41. The molecule has 1 N–H and O–H groups in total. The molecule has 100 valence electrons. The highest BCUT2D eigenvalue weighted by Crippen LogP contribution is 2.18. The largest absolute Gasteiger partial charge is 0.435 e. The molecule has 0 fully saturated rings. The fourth-order valence-corrected chi connectivity index (χ4v) is 1.78. The molecule has 0 spiro atoms. The summed E-state index contributed by atoms with van der Waals surface area (Å²) in [4.78, 5) is 0. The standard InChI is InChI=1S/C14H12ClF2NO/c15-11-2-1-3-12(8-11)18-9-10-4-6-13(7-5-10)19-14(16)17/h1-8,14,18H,9H2. The van der Waals surface area contributed by atoms with E-state index in [9.17, 15) is 8.78 Å². The van der Waals surface area contributed by atoms with Gasteiger partial charge in [0.2, 0.25) is 0 Å². The minimum Gasteiger partial charge on any atom is -0.435 e. The van der Waals surface area contributed by atoms with E-state index in [1.54, 1.807) is 18.2 Å². The van der Waals surface area contributed by atoms with Crippen molar-refractivity contribution in [1.82, 2.24) is 0 Å². The molecule has 0 aliphatic heterocycles. The number of benzene rings is 2. The zero-order valence-electron chi connectivity index (χ0n) is 9.95. The van der Waals surface area contributed by atoms with E-state index < -0.39 is 6.61 Å². The molecule has 0 amide bonds. The first-order chi connectivity index (χ1) is 9.13. The molecule has 2 rings (SSSR count). The summed E-state index contributed by atoms with van der Waals surface area (Å²) in [6.07, 6.45) is 0. The summed E-state index contributed by atoms with van der Waals surface area (Å²) in [5.41, 5.74) is 1.86. The maximum Gasteiger partial charge on any atom is 0.387 e. The van der Waals surface area contributed by atoms with Crippen LogP contribution in [0.1, 0.15) is 5.56 Å². The molecule has 0 bridgehead atoms. The summed E-state index contributed by atoms with van der Waals surface area (Å²) in [5, 5.41) is 3.85. The molecule has 0 radical (unpaired) electrons. The summed E-state index contributed by atoms with van der Waals surface area (Å²) in [5.74, 6) is 0.154. The first-order valence-electron chi connectivity index (χ1n) is 5.67. The van der Waals surface area contributed by atoms with E-state index in [2.05, 4.69) is 10.1 Å². The maximum absolute atomic E-state index is 12.0. The van der Waals surface area contributed by atoms with Crippen LogP contribution in [0.5, 0.6) is 5.75 Å². The number of ether oxygens (including phenoxy) is 1.